The van der Waals surface area contributed by atoms with E-state index in [-0.39, 0.29) is 0 Å². The largest absolute Gasteiger partial charge is 0.457 e. The van der Waals surface area contributed by atoms with E-state index in [1.807, 2.05) is 42.5 Å². The van der Waals surface area contributed by atoms with Gasteiger partial charge in [-0.3, -0.25) is 0 Å². The Morgan fingerprint density at radius 1 is 0.636 bits per heavy atom. The van der Waals surface area contributed by atoms with E-state index in [9.17, 15) is 0 Å². The zero-order valence-electron chi connectivity index (χ0n) is 12.4. The van der Waals surface area contributed by atoms with E-state index in [1.54, 1.807) is 0 Å². The molecule has 0 saturated heterocycles. The predicted molar refractivity (Wildman–Crippen MR) is 91.2 cm³/mol. The third-order valence-electron chi connectivity index (χ3n) is 3.54. The number of hydrogen-bond donors (Lipinski definition) is 1. The predicted octanol–water partition coefficient (Wildman–Crippen LogP) is 4.85. The Balaban J connectivity index is 1.67. The highest BCUT2D eigenvalue weighted by Gasteiger charge is 2.01. The summed E-state index contributed by atoms with van der Waals surface area (Å²) in [5.41, 5.74) is 9.10. The van der Waals surface area contributed by atoms with Crippen molar-refractivity contribution in [3.8, 4) is 11.5 Å². The molecule has 0 unspecified atom stereocenters. The number of hydrogen-bond acceptors (Lipinski definition) is 2. The first-order valence-electron chi connectivity index (χ1n) is 7.46. The molecule has 0 amide bonds. The highest BCUT2D eigenvalue weighted by Crippen LogP contribution is 2.24. The van der Waals surface area contributed by atoms with Crippen LogP contribution in [0.25, 0.3) is 0 Å². The van der Waals surface area contributed by atoms with Crippen LogP contribution in [-0.4, -0.2) is 0 Å². The zero-order valence-corrected chi connectivity index (χ0v) is 12.4. The van der Waals surface area contributed by atoms with Gasteiger partial charge in [-0.05, 0) is 48.2 Å². The molecule has 0 aliphatic carbocycles. The molecule has 0 heterocycles. The van der Waals surface area contributed by atoms with Gasteiger partial charge in [-0.1, -0.05) is 48.5 Å². The first-order valence-corrected chi connectivity index (χ1v) is 7.46. The third kappa shape index (κ3) is 3.89. The quantitative estimate of drug-likeness (QED) is 0.682. The molecular weight excluding hydrogens is 270 g/mol. The lowest BCUT2D eigenvalue weighted by molar-refractivity contribution is 0.482. The first kappa shape index (κ1) is 14.2. The molecule has 0 saturated carbocycles. The molecule has 0 aromatic heterocycles. The van der Waals surface area contributed by atoms with Gasteiger partial charge in [-0.2, -0.15) is 0 Å². The van der Waals surface area contributed by atoms with Crippen molar-refractivity contribution >= 4 is 5.69 Å². The van der Waals surface area contributed by atoms with E-state index in [0.29, 0.717) is 5.69 Å². The van der Waals surface area contributed by atoms with Crippen LogP contribution in [0.4, 0.5) is 5.69 Å². The topological polar surface area (TPSA) is 35.2 Å². The number of aryl methyl sites for hydroxylation is 2. The fourth-order valence-corrected chi connectivity index (χ4v) is 2.41. The standard InChI is InChI=1S/C20H19NO/c21-18-9-5-11-20(15-18)22-19-10-4-8-17(14-19)13-12-16-6-2-1-3-7-16/h1-11,14-15H,12-13,21H2. The van der Waals surface area contributed by atoms with E-state index >= 15 is 0 Å². The average Bonchev–Trinajstić information content (AvgIpc) is 2.54. The van der Waals surface area contributed by atoms with Crippen LogP contribution in [0.3, 0.4) is 0 Å². The van der Waals surface area contributed by atoms with Gasteiger partial charge in [0, 0.05) is 11.8 Å². The number of benzene rings is 3. The van der Waals surface area contributed by atoms with E-state index in [4.69, 9.17) is 10.5 Å². The summed E-state index contributed by atoms with van der Waals surface area (Å²) in [5, 5.41) is 0. The van der Waals surface area contributed by atoms with Gasteiger partial charge >= 0.3 is 0 Å². The number of nitrogen functional groups attached to an aromatic ring is 1. The third-order valence-corrected chi connectivity index (χ3v) is 3.54. The van der Waals surface area contributed by atoms with Crippen LogP contribution in [0.2, 0.25) is 0 Å². The molecule has 0 aliphatic rings. The van der Waals surface area contributed by atoms with Crippen molar-refractivity contribution < 1.29 is 4.74 Å². The maximum Gasteiger partial charge on any atom is 0.129 e. The Bertz CT molecular complexity index is 737. The summed E-state index contributed by atoms with van der Waals surface area (Å²) < 4.78 is 5.87. The van der Waals surface area contributed by atoms with Crippen LogP contribution >= 0.6 is 0 Å². The van der Waals surface area contributed by atoms with Crippen molar-refractivity contribution in [2.24, 2.45) is 0 Å². The van der Waals surface area contributed by atoms with Crippen molar-refractivity contribution in [2.75, 3.05) is 5.73 Å². The van der Waals surface area contributed by atoms with E-state index in [2.05, 4.69) is 36.4 Å². The van der Waals surface area contributed by atoms with Gasteiger partial charge in [0.1, 0.15) is 11.5 Å². The Morgan fingerprint density at radius 3 is 2.05 bits per heavy atom. The van der Waals surface area contributed by atoms with E-state index in [1.165, 1.54) is 11.1 Å². The van der Waals surface area contributed by atoms with Gasteiger partial charge in [-0.15, -0.1) is 0 Å². The molecule has 2 N–H and O–H groups in total. The number of anilines is 1. The molecule has 0 spiro atoms. The smallest absolute Gasteiger partial charge is 0.129 e. The second kappa shape index (κ2) is 6.81. The molecule has 2 heteroatoms. The lowest BCUT2D eigenvalue weighted by Gasteiger charge is -2.08. The molecule has 22 heavy (non-hydrogen) atoms. The number of rotatable bonds is 5. The maximum atomic E-state index is 5.87. The summed E-state index contributed by atoms with van der Waals surface area (Å²) in [5.74, 6) is 1.61. The highest BCUT2D eigenvalue weighted by atomic mass is 16.5. The van der Waals surface area contributed by atoms with E-state index in [0.717, 1.165) is 24.3 Å². The number of nitrogens with two attached hydrogens (primary N) is 1. The monoisotopic (exact) mass is 289 g/mol. The summed E-state index contributed by atoms with van der Waals surface area (Å²) in [6, 6.07) is 26.2. The molecule has 3 rings (SSSR count). The molecule has 0 radical (unpaired) electrons. The fourth-order valence-electron chi connectivity index (χ4n) is 2.41. The fraction of sp³-hybridized carbons (Fsp3) is 0.100. The Hall–Kier alpha value is -2.74. The van der Waals surface area contributed by atoms with Crippen molar-refractivity contribution in [3.63, 3.8) is 0 Å². The molecule has 0 atom stereocenters. The van der Waals surface area contributed by atoms with E-state index < -0.39 is 0 Å². The van der Waals surface area contributed by atoms with Gasteiger partial charge in [-0.25, -0.2) is 0 Å². The van der Waals surface area contributed by atoms with Crippen molar-refractivity contribution in [1.29, 1.82) is 0 Å². The number of ether oxygens (including phenoxy) is 1. The summed E-state index contributed by atoms with van der Waals surface area (Å²) in [4.78, 5) is 0. The zero-order chi connectivity index (χ0) is 15.2. The Labute approximate surface area is 131 Å². The summed E-state index contributed by atoms with van der Waals surface area (Å²) in [6.07, 6.45) is 2.03. The minimum atomic E-state index is 0.706. The lowest BCUT2D eigenvalue weighted by Crippen LogP contribution is -1.92. The van der Waals surface area contributed by atoms with Crippen LogP contribution in [0.15, 0.2) is 78.9 Å². The summed E-state index contributed by atoms with van der Waals surface area (Å²) >= 11 is 0. The minimum Gasteiger partial charge on any atom is -0.457 e. The highest BCUT2D eigenvalue weighted by molar-refractivity contribution is 5.45. The minimum absolute atomic E-state index is 0.706. The molecule has 0 bridgehead atoms. The van der Waals surface area contributed by atoms with Crippen molar-refractivity contribution in [2.45, 2.75) is 12.8 Å². The molecule has 110 valence electrons. The van der Waals surface area contributed by atoms with Gasteiger partial charge in [0.2, 0.25) is 0 Å². The summed E-state index contributed by atoms with van der Waals surface area (Å²) in [7, 11) is 0. The molecule has 0 aliphatic heterocycles. The van der Waals surface area contributed by atoms with Gasteiger partial charge in [0.15, 0.2) is 0 Å². The first-order chi connectivity index (χ1) is 10.8. The molecule has 0 fully saturated rings. The normalized spacial score (nSPS) is 10.4. The van der Waals surface area contributed by atoms with Crippen LogP contribution in [-0.2, 0) is 12.8 Å². The molecule has 2 nitrogen and oxygen atoms in total. The van der Waals surface area contributed by atoms with Crippen LogP contribution < -0.4 is 10.5 Å². The van der Waals surface area contributed by atoms with Gasteiger partial charge in [0.05, 0.1) is 0 Å². The maximum absolute atomic E-state index is 5.87. The van der Waals surface area contributed by atoms with Crippen LogP contribution in [0.5, 0.6) is 11.5 Å². The van der Waals surface area contributed by atoms with Crippen LogP contribution in [0.1, 0.15) is 11.1 Å². The Kier molecular flexibility index (Phi) is 4.40. The molecular formula is C20H19NO. The SMILES string of the molecule is Nc1cccc(Oc2cccc(CCc3ccccc3)c2)c1. The van der Waals surface area contributed by atoms with Gasteiger partial charge in [0.25, 0.3) is 0 Å². The van der Waals surface area contributed by atoms with Gasteiger partial charge < -0.3 is 10.5 Å². The Morgan fingerprint density at radius 2 is 1.27 bits per heavy atom. The van der Waals surface area contributed by atoms with Crippen molar-refractivity contribution in [1.82, 2.24) is 0 Å². The second-order valence-corrected chi connectivity index (χ2v) is 5.31. The van der Waals surface area contributed by atoms with Crippen molar-refractivity contribution in [3.05, 3.63) is 90.0 Å². The lowest BCUT2D eigenvalue weighted by atomic mass is 10.0. The molecule has 3 aromatic rings. The second-order valence-electron chi connectivity index (χ2n) is 5.31. The van der Waals surface area contributed by atoms with Crippen LogP contribution in [0, 0.1) is 0 Å². The average molecular weight is 289 g/mol. The summed E-state index contributed by atoms with van der Waals surface area (Å²) in [6.45, 7) is 0. The molecule has 3 aromatic carbocycles.